The summed E-state index contributed by atoms with van der Waals surface area (Å²) in [4.78, 5) is 28.6. The highest BCUT2D eigenvalue weighted by Gasteiger charge is 2.23. The van der Waals surface area contributed by atoms with E-state index in [1.807, 2.05) is 46.8 Å². The molecule has 1 aliphatic rings. The van der Waals surface area contributed by atoms with Crippen molar-refractivity contribution >= 4 is 24.3 Å². The first-order valence-electron chi connectivity index (χ1n) is 11.4. The summed E-state index contributed by atoms with van der Waals surface area (Å²) in [5, 5.41) is 16.9. The summed E-state index contributed by atoms with van der Waals surface area (Å²) in [7, 11) is 0. The Hall–Kier alpha value is -2.96. The van der Waals surface area contributed by atoms with Gasteiger partial charge in [-0.25, -0.2) is 4.98 Å². The van der Waals surface area contributed by atoms with Crippen LogP contribution in [0.3, 0.4) is 0 Å². The molecule has 2 rings (SSSR count). The molecule has 7 heteroatoms. The minimum absolute atomic E-state index is 0.140. The van der Waals surface area contributed by atoms with Crippen molar-refractivity contribution in [1.82, 2.24) is 15.6 Å². The number of nitrogens with one attached hydrogen (secondary N) is 4. The molecule has 1 fully saturated rings. The average Bonchev–Trinajstić information content (AvgIpc) is 2.76. The molecule has 1 saturated carbocycles. The highest BCUT2D eigenvalue weighted by molar-refractivity contribution is 6.04. The fourth-order valence-electron chi connectivity index (χ4n) is 3.93. The van der Waals surface area contributed by atoms with Crippen LogP contribution in [0.1, 0.15) is 94.3 Å². The van der Waals surface area contributed by atoms with Crippen LogP contribution in [0, 0.1) is 5.41 Å². The molecule has 32 heavy (non-hydrogen) atoms. The summed E-state index contributed by atoms with van der Waals surface area (Å²) in [5.74, 6) is 0.740. The Morgan fingerprint density at radius 1 is 1.22 bits per heavy atom. The first-order valence-corrected chi connectivity index (χ1v) is 11.4. The quantitative estimate of drug-likeness (QED) is 0.241. The van der Waals surface area contributed by atoms with E-state index in [4.69, 9.17) is 10.4 Å². The van der Waals surface area contributed by atoms with Gasteiger partial charge in [-0.05, 0) is 65.2 Å². The minimum atomic E-state index is -0.214. The Morgan fingerprint density at radius 3 is 2.50 bits per heavy atom. The zero-order valence-electron chi connectivity index (χ0n) is 20.0. The predicted octanol–water partition coefficient (Wildman–Crippen LogP) is 4.66. The molecule has 0 bridgehead atoms. The first kappa shape index (κ1) is 25.3. The zero-order valence-corrected chi connectivity index (χ0v) is 20.0. The molecule has 0 atom stereocenters. The van der Waals surface area contributed by atoms with Gasteiger partial charge in [-0.15, -0.1) is 0 Å². The summed E-state index contributed by atoms with van der Waals surface area (Å²) < 4.78 is 0. The van der Waals surface area contributed by atoms with E-state index >= 15 is 0 Å². The fraction of sp³-hybridized carbons (Fsp3) is 0.520. The van der Waals surface area contributed by atoms with Crippen LogP contribution >= 0.6 is 0 Å². The summed E-state index contributed by atoms with van der Waals surface area (Å²) in [6, 6.07) is 2.02. The molecule has 1 aliphatic carbocycles. The fourth-order valence-corrected chi connectivity index (χ4v) is 3.93. The van der Waals surface area contributed by atoms with Crippen LogP contribution in [0.15, 0.2) is 29.0 Å². The second-order valence-corrected chi connectivity index (χ2v) is 8.87. The average molecular weight is 440 g/mol. The van der Waals surface area contributed by atoms with Gasteiger partial charge >= 0.3 is 0 Å². The monoisotopic (exact) mass is 439 g/mol. The van der Waals surface area contributed by atoms with Gasteiger partial charge in [-0.1, -0.05) is 24.8 Å². The Labute approximate surface area is 191 Å². The van der Waals surface area contributed by atoms with Crippen LogP contribution in [0.2, 0.25) is 0 Å². The second-order valence-electron chi connectivity index (χ2n) is 8.87. The van der Waals surface area contributed by atoms with E-state index in [2.05, 4.69) is 16.0 Å². The van der Waals surface area contributed by atoms with E-state index in [1.54, 1.807) is 0 Å². The molecule has 1 heterocycles. The third-order valence-corrected chi connectivity index (χ3v) is 5.82. The largest absolute Gasteiger partial charge is 0.367 e. The smallest absolute Gasteiger partial charge is 0.252 e. The lowest BCUT2D eigenvalue weighted by Gasteiger charge is -2.24. The number of pyridine rings is 1. The van der Waals surface area contributed by atoms with Crippen molar-refractivity contribution in [3.63, 3.8) is 0 Å². The summed E-state index contributed by atoms with van der Waals surface area (Å²) in [6.45, 7) is 10.1. The molecule has 0 radical (unpaired) electrons. The van der Waals surface area contributed by atoms with Crippen molar-refractivity contribution < 1.29 is 9.59 Å². The van der Waals surface area contributed by atoms with Gasteiger partial charge in [-0.2, -0.15) is 0 Å². The predicted molar refractivity (Wildman–Crippen MR) is 130 cm³/mol. The maximum Gasteiger partial charge on any atom is 0.252 e. The molecule has 4 N–H and O–H groups in total. The van der Waals surface area contributed by atoms with Crippen LogP contribution in [0.5, 0.6) is 0 Å². The first-order chi connectivity index (χ1) is 15.3. The third kappa shape index (κ3) is 7.04. The van der Waals surface area contributed by atoms with E-state index in [0.29, 0.717) is 35.8 Å². The third-order valence-electron chi connectivity index (χ3n) is 5.82. The normalized spacial score (nSPS) is 15.8. The van der Waals surface area contributed by atoms with Crippen LogP contribution in [0.4, 0.5) is 5.82 Å². The van der Waals surface area contributed by atoms with Gasteiger partial charge < -0.3 is 21.4 Å². The minimum Gasteiger partial charge on any atom is -0.367 e. The second kappa shape index (κ2) is 12.2. The molecule has 0 unspecified atom stereocenters. The Morgan fingerprint density at radius 2 is 1.91 bits per heavy atom. The number of rotatable bonds is 10. The highest BCUT2D eigenvalue weighted by atomic mass is 16.1. The van der Waals surface area contributed by atoms with Crippen molar-refractivity contribution in [3.8, 4) is 0 Å². The molecule has 7 nitrogen and oxygen atoms in total. The van der Waals surface area contributed by atoms with Crippen molar-refractivity contribution in [2.45, 2.75) is 78.7 Å². The molecule has 174 valence electrons. The Bertz CT molecular complexity index is 896. The maximum atomic E-state index is 13.2. The van der Waals surface area contributed by atoms with Crippen molar-refractivity contribution in [2.75, 3.05) is 11.9 Å². The number of anilines is 1. The number of amides is 2. The van der Waals surface area contributed by atoms with Gasteiger partial charge in [0.1, 0.15) is 5.82 Å². The van der Waals surface area contributed by atoms with Gasteiger partial charge in [-0.3, -0.25) is 9.59 Å². The molecular formula is C25H37N5O2. The van der Waals surface area contributed by atoms with Gasteiger partial charge in [0.2, 0.25) is 6.41 Å². The van der Waals surface area contributed by atoms with E-state index in [-0.39, 0.29) is 11.9 Å². The Kier molecular flexibility index (Phi) is 9.62. The Balaban J connectivity index is 2.32. The van der Waals surface area contributed by atoms with E-state index in [9.17, 15) is 9.59 Å². The van der Waals surface area contributed by atoms with E-state index in [0.717, 1.165) is 35.4 Å². The number of carbonyl (C=O) groups is 2. The number of nitrogens with zero attached hydrogens (tertiary/aromatic N) is 1. The number of aromatic nitrogens is 1. The SMILES string of the molecule is C/C(=C/C(C)=C(\C)CNC(=O)c1cc(C2CCCCC2)nc(NC(C)C)c1C=N)NC=O. The van der Waals surface area contributed by atoms with Crippen molar-refractivity contribution in [2.24, 2.45) is 0 Å². The molecule has 1 aromatic heterocycles. The summed E-state index contributed by atoms with van der Waals surface area (Å²) >= 11 is 0. The summed E-state index contributed by atoms with van der Waals surface area (Å²) in [5.41, 5.74) is 4.64. The molecule has 0 saturated heterocycles. The zero-order chi connectivity index (χ0) is 23.7. The lowest BCUT2D eigenvalue weighted by Crippen LogP contribution is -2.28. The number of carbonyl (C=O) groups excluding carboxylic acids is 2. The molecule has 1 aromatic rings. The molecule has 2 amide bonds. The van der Waals surface area contributed by atoms with Crippen LogP contribution < -0.4 is 16.0 Å². The van der Waals surface area contributed by atoms with Crippen LogP contribution in [-0.4, -0.2) is 36.1 Å². The van der Waals surface area contributed by atoms with Gasteiger partial charge in [0.25, 0.3) is 5.91 Å². The lowest BCUT2D eigenvalue weighted by atomic mass is 9.86. The van der Waals surface area contributed by atoms with Crippen LogP contribution in [0.25, 0.3) is 0 Å². The highest BCUT2D eigenvalue weighted by Crippen LogP contribution is 2.33. The van der Waals surface area contributed by atoms with Gasteiger partial charge in [0.05, 0.1) is 5.56 Å². The maximum absolute atomic E-state index is 13.2. The molecule has 0 spiro atoms. The molecule has 0 aliphatic heterocycles. The van der Waals surface area contributed by atoms with Crippen molar-refractivity contribution in [3.05, 3.63) is 45.8 Å². The van der Waals surface area contributed by atoms with Crippen molar-refractivity contribution in [1.29, 1.82) is 5.41 Å². The van der Waals surface area contributed by atoms with Crippen LogP contribution in [-0.2, 0) is 4.79 Å². The van der Waals surface area contributed by atoms with Gasteiger partial charge in [0.15, 0.2) is 0 Å². The van der Waals surface area contributed by atoms with E-state index in [1.165, 1.54) is 25.5 Å². The van der Waals surface area contributed by atoms with E-state index < -0.39 is 0 Å². The molecular weight excluding hydrogens is 402 g/mol. The van der Waals surface area contributed by atoms with Gasteiger partial charge in [0, 0.05) is 41.7 Å². The number of allylic oxidation sites excluding steroid dienone is 3. The number of hydrogen-bond donors (Lipinski definition) is 4. The lowest BCUT2D eigenvalue weighted by molar-refractivity contribution is -0.108. The number of hydrogen-bond acceptors (Lipinski definition) is 5. The standard InChI is InChI=1S/C25H37N5O2/c1-16(2)29-24-22(13-26)21(12-23(30-24)20-9-7-6-8-10-20)25(32)27-14-18(4)17(3)11-19(5)28-15-31/h11-13,15-16,20,26H,6-10,14H2,1-5H3,(H,27,32)(H,28,31)(H,29,30)/b18-17+,19-11-,26-13?. The topological polar surface area (TPSA) is 107 Å². The molecule has 0 aromatic carbocycles. The summed E-state index contributed by atoms with van der Waals surface area (Å²) in [6.07, 6.45) is 9.51.